The molecule has 0 saturated heterocycles. The summed E-state index contributed by atoms with van der Waals surface area (Å²) >= 11 is 0. The predicted molar refractivity (Wildman–Crippen MR) is 63.9 cm³/mol. The number of ether oxygens (including phenoxy) is 1. The first-order chi connectivity index (χ1) is 8.27. The molecule has 0 spiro atoms. The quantitative estimate of drug-likeness (QED) is 0.807. The van der Waals surface area contributed by atoms with Gasteiger partial charge in [0, 0.05) is 5.56 Å². The van der Waals surface area contributed by atoms with Crippen molar-refractivity contribution in [2.45, 2.75) is 39.7 Å². The van der Waals surface area contributed by atoms with Gasteiger partial charge in [-0.1, -0.05) is 5.16 Å². The summed E-state index contributed by atoms with van der Waals surface area (Å²) in [6.07, 6.45) is 0.127. The van der Waals surface area contributed by atoms with Gasteiger partial charge >= 0.3 is 5.97 Å². The first-order valence-electron chi connectivity index (χ1n) is 5.59. The molecular weight excluding hydrogens is 236 g/mol. The van der Waals surface area contributed by atoms with Gasteiger partial charge in [-0.2, -0.15) is 0 Å². The Hall–Kier alpha value is -1.85. The number of amides is 1. The molecule has 1 N–H and O–H groups in total. The van der Waals surface area contributed by atoms with Gasteiger partial charge in [0.25, 0.3) is 0 Å². The van der Waals surface area contributed by atoms with Gasteiger partial charge in [-0.05, 0) is 27.7 Å². The van der Waals surface area contributed by atoms with Crippen LogP contribution >= 0.6 is 0 Å². The second kappa shape index (κ2) is 5.20. The second-order valence-electron chi connectivity index (χ2n) is 4.64. The molecule has 1 heterocycles. The van der Waals surface area contributed by atoms with Crippen LogP contribution in [0, 0.1) is 13.8 Å². The van der Waals surface area contributed by atoms with Gasteiger partial charge in [0.2, 0.25) is 5.91 Å². The van der Waals surface area contributed by atoms with Crippen LogP contribution in [-0.4, -0.2) is 29.7 Å². The van der Waals surface area contributed by atoms with E-state index in [4.69, 9.17) is 4.52 Å². The number of nitrogens with one attached hydrogen (secondary N) is 1. The van der Waals surface area contributed by atoms with Crippen molar-refractivity contribution >= 4 is 11.9 Å². The number of esters is 1. The molecule has 0 aliphatic rings. The summed E-state index contributed by atoms with van der Waals surface area (Å²) in [5, 5.41) is 6.39. The molecule has 0 saturated carbocycles. The van der Waals surface area contributed by atoms with Gasteiger partial charge in [-0.15, -0.1) is 0 Å². The fraction of sp³-hybridized carbons (Fsp3) is 0.583. The van der Waals surface area contributed by atoms with Crippen molar-refractivity contribution in [3.63, 3.8) is 0 Å². The molecule has 0 fully saturated rings. The van der Waals surface area contributed by atoms with Crippen LogP contribution in [0.1, 0.15) is 30.9 Å². The van der Waals surface area contributed by atoms with Crippen LogP contribution in [0.3, 0.4) is 0 Å². The first kappa shape index (κ1) is 14.2. The van der Waals surface area contributed by atoms with Crippen LogP contribution < -0.4 is 5.32 Å². The monoisotopic (exact) mass is 254 g/mol. The lowest BCUT2D eigenvalue weighted by atomic mass is 10.0. The molecule has 0 atom stereocenters. The van der Waals surface area contributed by atoms with E-state index in [1.165, 1.54) is 7.11 Å². The van der Waals surface area contributed by atoms with Crippen LogP contribution in [-0.2, 0) is 20.7 Å². The average molecular weight is 254 g/mol. The summed E-state index contributed by atoms with van der Waals surface area (Å²) in [6.45, 7) is 6.69. The summed E-state index contributed by atoms with van der Waals surface area (Å²) in [6, 6.07) is 0. The van der Waals surface area contributed by atoms with Gasteiger partial charge in [-0.25, -0.2) is 4.79 Å². The van der Waals surface area contributed by atoms with Gasteiger partial charge < -0.3 is 14.6 Å². The number of methoxy groups -OCH3 is 1. The maximum atomic E-state index is 11.9. The molecule has 0 aromatic carbocycles. The molecule has 6 nitrogen and oxygen atoms in total. The number of hydrogen-bond donors (Lipinski definition) is 1. The van der Waals surface area contributed by atoms with Gasteiger partial charge in [0.15, 0.2) is 0 Å². The average Bonchev–Trinajstić information content (AvgIpc) is 2.58. The molecule has 18 heavy (non-hydrogen) atoms. The van der Waals surface area contributed by atoms with Gasteiger partial charge in [-0.3, -0.25) is 4.79 Å². The van der Waals surface area contributed by atoms with Crippen molar-refractivity contribution < 1.29 is 18.8 Å². The van der Waals surface area contributed by atoms with Crippen LogP contribution in [0.2, 0.25) is 0 Å². The molecule has 0 aliphatic heterocycles. The Kier molecular flexibility index (Phi) is 4.11. The molecule has 6 heteroatoms. The minimum absolute atomic E-state index is 0.127. The minimum atomic E-state index is -1.05. The van der Waals surface area contributed by atoms with Crippen molar-refractivity contribution in [3.05, 3.63) is 17.0 Å². The number of rotatable bonds is 4. The fourth-order valence-corrected chi connectivity index (χ4v) is 1.61. The Labute approximate surface area is 106 Å². The van der Waals surface area contributed by atoms with E-state index in [1.807, 2.05) is 0 Å². The summed E-state index contributed by atoms with van der Waals surface area (Å²) in [5.74, 6) is -0.159. The highest BCUT2D eigenvalue weighted by molar-refractivity contribution is 5.88. The summed E-state index contributed by atoms with van der Waals surface area (Å²) in [5.41, 5.74) is 0.372. The number of nitrogens with zero attached hydrogens (tertiary/aromatic N) is 1. The third-order valence-electron chi connectivity index (χ3n) is 2.67. The van der Waals surface area contributed by atoms with Gasteiger partial charge in [0.05, 0.1) is 19.2 Å². The minimum Gasteiger partial charge on any atom is -0.467 e. The molecule has 1 rings (SSSR count). The molecule has 0 aliphatic carbocycles. The number of carbonyl (C=O) groups excluding carboxylic acids is 2. The maximum absolute atomic E-state index is 11.9. The van der Waals surface area contributed by atoms with Crippen molar-refractivity contribution in [3.8, 4) is 0 Å². The SMILES string of the molecule is COC(=O)C(C)(C)NC(=O)Cc1c(C)noc1C. The van der Waals surface area contributed by atoms with Crippen LogP contribution in [0.25, 0.3) is 0 Å². The van der Waals surface area contributed by atoms with Crippen LogP contribution in [0.15, 0.2) is 4.52 Å². The van der Waals surface area contributed by atoms with E-state index in [0.29, 0.717) is 11.5 Å². The smallest absolute Gasteiger partial charge is 0.330 e. The second-order valence-corrected chi connectivity index (χ2v) is 4.64. The van der Waals surface area contributed by atoms with Gasteiger partial charge in [0.1, 0.15) is 11.3 Å². The standard InChI is InChI=1S/C12H18N2O4/c1-7-9(8(2)18-14-7)6-10(15)13-12(3,4)11(16)17-5/h6H2,1-5H3,(H,13,15). The third kappa shape index (κ3) is 3.09. The topological polar surface area (TPSA) is 81.4 Å². The molecule has 1 aromatic rings. The Morgan fingerprint density at radius 3 is 2.44 bits per heavy atom. The summed E-state index contributed by atoms with van der Waals surface area (Å²) < 4.78 is 9.59. The van der Waals surface area contributed by atoms with Crippen LogP contribution in [0.5, 0.6) is 0 Å². The predicted octanol–water partition coefficient (Wildman–Crippen LogP) is 0.902. The molecular formula is C12H18N2O4. The fourth-order valence-electron chi connectivity index (χ4n) is 1.61. The first-order valence-corrected chi connectivity index (χ1v) is 5.59. The van der Waals surface area contributed by atoms with E-state index in [-0.39, 0.29) is 12.3 Å². The number of aryl methyl sites for hydroxylation is 2. The normalized spacial score (nSPS) is 11.2. The highest BCUT2D eigenvalue weighted by Gasteiger charge is 2.30. The molecule has 100 valence electrons. The van der Waals surface area contributed by atoms with Crippen molar-refractivity contribution in [2.24, 2.45) is 0 Å². The summed E-state index contributed by atoms with van der Waals surface area (Å²) in [4.78, 5) is 23.3. The van der Waals surface area contributed by atoms with E-state index < -0.39 is 11.5 Å². The van der Waals surface area contributed by atoms with Crippen molar-refractivity contribution in [1.29, 1.82) is 0 Å². The maximum Gasteiger partial charge on any atom is 0.330 e. The zero-order valence-corrected chi connectivity index (χ0v) is 11.3. The molecule has 0 radical (unpaired) electrons. The zero-order valence-electron chi connectivity index (χ0n) is 11.3. The Morgan fingerprint density at radius 2 is 2.00 bits per heavy atom. The molecule has 1 amide bonds. The lowest BCUT2D eigenvalue weighted by molar-refractivity contribution is -0.149. The van der Waals surface area contributed by atoms with Crippen LogP contribution in [0.4, 0.5) is 0 Å². The largest absolute Gasteiger partial charge is 0.467 e. The number of hydrogen-bond acceptors (Lipinski definition) is 5. The number of carbonyl (C=O) groups is 2. The van der Waals surface area contributed by atoms with Crippen molar-refractivity contribution in [2.75, 3.05) is 7.11 Å². The Bertz CT molecular complexity index is 443. The van der Waals surface area contributed by atoms with E-state index in [1.54, 1.807) is 27.7 Å². The third-order valence-corrected chi connectivity index (χ3v) is 2.67. The van der Waals surface area contributed by atoms with E-state index >= 15 is 0 Å². The van der Waals surface area contributed by atoms with E-state index in [2.05, 4.69) is 15.2 Å². The van der Waals surface area contributed by atoms with Crippen molar-refractivity contribution in [1.82, 2.24) is 10.5 Å². The number of aromatic nitrogens is 1. The highest BCUT2D eigenvalue weighted by atomic mass is 16.5. The van der Waals surface area contributed by atoms with E-state index in [9.17, 15) is 9.59 Å². The molecule has 1 aromatic heterocycles. The lowest BCUT2D eigenvalue weighted by Crippen LogP contribution is -2.50. The highest BCUT2D eigenvalue weighted by Crippen LogP contribution is 2.13. The zero-order chi connectivity index (χ0) is 13.9. The molecule has 0 unspecified atom stereocenters. The lowest BCUT2D eigenvalue weighted by Gasteiger charge is -2.22. The van der Waals surface area contributed by atoms with E-state index in [0.717, 1.165) is 5.56 Å². The molecule has 0 bridgehead atoms. The summed E-state index contributed by atoms with van der Waals surface area (Å²) in [7, 11) is 1.28. The Morgan fingerprint density at radius 1 is 1.39 bits per heavy atom. The Balaban J connectivity index is 2.71.